The first-order valence-electron chi connectivity index (χ1n) is 2.87. The molecule has 0 heterocycles. The van der Waals surface area contributed by atoms with Crippen molar-refractivity contribution in [2.24, 2.45) is 0 Å². The van der Waals surface area contributed by atoms with Crippen LogP contribution in [0.5, 0.6) is 0 Å². The fourth-order valence-corrected chi connectivity index (χ4v) is 1.02. The molecule has 0 aromatic heterocycles. The molecule has 0 radical (unpaired) electrons. The molecule has 10 heavy (non-hydrogen) atoms. The van der Waals surface area contributed by atoms with Crippen molar-refractivity contribution in [3.05, 3.63) is 46.5 Å². The first-order chi connectivity index (χ1) is 4.79. The van der Waals surface area contributed by atoms with E-state index in [1.807, 2.05) is 18.2 Å². The third-order valence-corrected chi connectivity index (χ3v) is 1.48. The lowest BCUT2D eigenvalue weighted by Gasteiger charge is -1.90. The number of hydrogen-bond donors (Lipinski definition) is 0. The van der Waals surface area contributed by atoms with Gasteiger partial charge >= 0.3 is 0 Å². The van der Waals surface area contributed by atoms with Crippen LogP contribution in [0.15, 0.2) is 46.5 Å². The van der Waals surface area contributed by atoms with Crippen molar-refractivity contribution in [3.8, 4) is 0 Å². The third kappa shape index (κ3) is 2.42. The van der Waals surface area contributed by atoms with Gasteiger partial charge in [0.2, 0.25) is 0 Å². The molecule has 0 aromatic carbocycles. The highest BCUT2D eigenvalue weighted by atomic mass is 35.5. The first-order valence-corrected chi connectivity index (χ1v) is 3.62. The average Bonchev–Trinajstić information content (AvgIpc) is 1.83. The zero-order valence-corrected chi connectivity index (χ0v) is 6.73. The van der Waals surface area contributed by atoms with E-state index in [0.29, 0.717) is 10.1 Å². The number of hydrogen-bond acceptors (Lipinski definition) is 0. The molecule has 0 amide bonds. The second kappa shape index (κ2) is 3.65. The van der Waals surface area contributed by atoms with Gasteiger partial charge in [0.05, 0.1) is 0 Å². The lowest BCUT2D eigenvalue weighted by Crippen LogP contribution is -1.69. The Kier molecular flexibility index (Phi) is 2.79. The molecule has 0 saturated heterocycles. The van der Waals surface area contributed by atoms with Crippen LogP contribution in [0, 0.1) is 0 Å². The van der Waals surface area contributed by atoms with Crippen LogP contribution < -0.4 is 0 Å². The van der Waals surface area contributed by atoms with E-state index in [0.717, 1.165) is 0 Å². The Morgan fingerprint density at radius 1 is 0.900 bits per heavy atom. The van der Waals surface area contributed by atoms with Crippen molar-refractivity contribution in [2.75, 3.05) is 0 Å². The molecule has 0 spiro atoms. The predicted octanol–water partition coefficient (Wildman–Crippen LogP) is 3.36. The van der Waals surface area contributed by atoms with Gasteiger partial charge in [-0.2, -0.15) is 0 Å². The van der Waals surface area contributed by atoms with Crippen molar-refractivity contribution in [2.45, 2.75) is 0 Å². The summed E-state index contributed by atoms with van der Waals surface area (Å²) >= 11 is 11.4. The Balaban J connectivity index is 2.89. The Morgan fingerprint density at radius 3 is 2.50 bits per heavy atom. The SMILES string of the molecule is ClC1=C/C(Cl)=C\C=C/C=C\1. The van der Waals surface area contributed by atoms with Crippen LogP contribution in [-0.2, 0) is 0 Å². The fraction of sp³-hybridized carbons (Fsp3) is 0. The first kappa shape index (κ1) is 7.64. The van der Waals surface area contributed by atoms with Gasteiger partial charge < -0.3 is 0 Å². The fourth-order valence-electron chi connectivity index (χ4n) is 0.587. The van der Waals surface area contributed by atoms with E-state index in [4.69, 9.17) is 23.2 Å². The molecule has 0 bridgehead atoms. The van der Waals surface area contributed by atoms with E-state index in [2.05, 4.69) is 0 Å². The molecule has 0 nitrogen and oxygen atoms in total. The van der Waals surface area contributed by atoms with Gasteiger partial charge in [-0.15, -0.1) is 0 Å². The summed E-state index contributed by atoms with van der Waals surface area (Å²) in [5.74, 6) is 0. The molecular weight excluding hydrogens is 167 g/mol. The second-order valence-corrected chi connectivity index (χ2v) is 2.70. The second-order valence-electron chi connectivity index (χ2n) is 1.82. The Bertz CT molecular complexity index is 229. The van der Waals surface area contributed by atoms with Crippen LogP contribution >= 0.6 is 23.2 Å². The molecule has 1 aliphatic rings. The summed E-state index contributed by atoms with van der Waals surface area (Å²) in [5, 5.41) is 1.29. The zero-order chi connectivity index (χ0) is 7.40. The van der Waals surface area contributed by atoms with Gasteiger partial charge in [-0.25, -0.2) is 0 Å². The molecule has 0 aromatic rings. The number of allylic oxidation sites excluding steroid dienone is 8. The molecule has 0 atom stereocenters. The van der Waals surface area contributed by atoms with Gasteiger partial charge in [-0.3, -0.25) is 0 Å². The average molecular weight is 173 g/mol. The molecule has 1 rings (SSSR count). The molecule has 1 aliphatic carbocycles. The van der Waals surface area contributed by atoms with Crippen molar-refractivity contribution in [1.29, 1.82) is 0 Å². The van der Waals surface area contributed by atoms with Gasteiger partial charge in [0, 0.05) is 10.1 Å². The predicted molar refractivity (Wildman–Crippen MR) is 46.2 cm³/mol. The van der Waals surface area contributed by atoms with Crippen molar-refractivity contribution in [3.63, 3.8) is 0 Å². The maximum Gasteiger partial charge on any atom is 0.0420 e. The van der Waals surface area contributed by atoms with Crippen LogP contribution in [-0.4, -0.2) is 0 Å². The Hall–Kier alpha value is -0.460. The lowest BCUT2D eigenvalue weighted by atomic mass is 10.3. The van der Waals surface area contributed by atoms with Crippen molar-refractivity contribution < 1.29 is 0 Å². The number of halogens is 2. The molecule has 52 valence electrons. The summed E-state index contributed by atoms with van der Waals surface area (Å²) < 4.78 is 0. The summed E-state index contributed by atoms with van der Waals surface area (Å²) in [4.78, 5) is 0. The number of rotatable bonds is 0. The van der Waals surface area contributed by atoms with Crippen LogP contribution in [0.3, 0.4) is 0 Å². The smallest absolute Gasteiger partial charge is 0.0420 e. The highest BCUT2D eigenvalue weighted by Crippen LogP contribution is 2.13. The minimum Gasteiger partial charge on any atom is -0.0843 e. The van der Waals surface area contributed by atoms with Gasteiger partial charge in [0.25, 0.3) is 0 Å². The summed E-state index contributed by atoms with van der Waals surface area (Å²) in [6.07, 6.45) is 10.9. The van der Waals surface area contributed by atoms with Crippen molar-refractivity contribution >= 4 is 23.2 Å². The van der Waals surface area contributed by atoms with Gasteiger partial charge in [-0.1, -0.05) is 41.4 Å². The van der Waals surface area contributed by atoms with Crippen LogP contribution in [0.4, 0.5) is 0 Å². The minimum atomic E-state index is 0.644. The normalized spacial score (nSPS) is 34.2. The molecular formula is C8H6Cl2. The van der Waals surface area contributed by atoms with Gasteiger partial charge in [0.15, 0.2) is 0 Å². The minimum absolute atomic E-state index is 0.644. The van der Waals surface area contributed by atoms with Gasteiger partial charge in [-0.05, 0) is 18.2 Å². The zero-order valence-electron chi connectivity index (χ0n) is 5.22. The van der Waals surface area contributed by atoms with Crippen LogP contribution in [0.25, 0.3) is 0 Å². The van der Waals surface area contributed by atoms with E-state index in [-0.39, 0.29) is 0 Å². The molecule has 0 N–H and O–H groups in total. The van der Waals surface area contributed by atoms with Crippen LogP contribution in [0.1, 0.15) is 0 Å². The highest BCUT2D eigenvalue weighted by molar-refractivity contribution is 6.35. The summed E-state index contributed by atoms with van der Waals surface area (Å²) in [6, 6.07) is 0. The summed E-state index contributed by atoms with van der Waals surface area (Å²) in [5.41, 5.74) is 0. The van der Waals surface area contributed by atoms with E-state index >= 15 is 0 Å². The molecule has 0 aliphatic heterocycles. The molecule has 0 saturated carbocycles. The van der Waals surface area contributed by atoms with E-state index < -0.39 is 0 Å². The standard InChI is InChI=1S/C8H6Cl2/c9-7-4-2-1-3-5-8(10)6-7/h1-6H/b2-1-,3-1?,4-2?,5-3-,7-4+,7-6?,8-5?,8-6+. The topological polar surface area (TPSA) is 0 Å². The summed E-state index contributed by atoms with van der Waals surface area (Å²) in [6.45, 7) is 0. The maximum absolute atomic E-state index is 5.70. The van der Waals surface area contributed by atoms with Crippen LogP contribution in [0.2, 0.25) is 0 Å². The molecule has 0 unspecified atom stereocenters. The maximum atomic E-state index is 5.70. The quantitative estimate of drug-likeness (QED) is 0.526. The van der Waals surface area contributed by atoms with E-state index in [1.165, 1.54) is 0 Å². The summed E-state index contributed by atoms with van der Waals surface area (Å²) in [7, 11) is 0. The molecule has 2 heteroatoms. The van der Waals surface area contributed by atoms with E-state index in [1.54, 1.807) is 18.2 Å². The highest BCUT2D eigenvalue weighted by Gasteiger charge is 1.88. The Labute approximate surface area is 70.1 Å². The largest absolute Gasteiger partial charge is 0.0843 e. The van der Waals surface area contributed by atoms with E-state index in [9.17, 15) is 0 Å². The Morgan fingerprint density at radius 2 is 1.70 bits per heavy atom. The third-order valence-electron chi connectivity index (χ3n) is 1.01. The van der Waals surface area contributed by atoms with Crippen molar-refractivity contribution in [1.82, 2.24) is 0 Å². The lowest BCUT2D eigenvalue weighted by molar-refractivity contribution is 1.74. The monoisotopic (exact) mass is 172 g/mol. The molecule has 0 fully saturated rings. The van der Waals surface area contributed by atoms with Gasteiger partial charge in [0.1, 0.15) is 0 Å².